The molecule has 0 fully saturated rings. The third kappa shape index (κ3) is 5.40. The molecule has 2 aromatic carbocycles. The predicted molar refractivity (Wildman–Crippen MR) is 120 cm³/mol. The largest absolute Gasteiger partial charge is 0.382 e. The Labute approximate surface area is 185 Å². The molecule has 0 atom stereocenters. The number of nitrogens with two attached hydrogens (primary N) is 1. The maximum atomic E-state index is 13.4. The number of nitrogen functional groups attached to an aromatic ring is 1. The molecule has 0 saturated carbocycles. The van der Waals surface area contributed by atoms with Gasteiger partial charge in [0.15, 0.2) is 5.96 Å². The maximum absolute atomic E-state index is 13.4. The number of hydrogen-bond acceptors (Lipinski definition) is 4. The van der Waals surface area contributed by atoms with Crippen molar-refractivity contribution in [1.82, 2.24) is 20.0 Å². The van der Waals surface area contributed by atoms with Crippen molar-refractivity contribution >= 4 is 11.8 Å². The topological polar surface area (TPSA) is 95.3 Å². The van der Waals surface area contributed by atoms with E-state index in [0.717, 1.165) is 5.56 Å². The van der Waals surface area contributed by atoms with Gasteiger partial charge in [-0.15, -0.1) is 0 Å². The number of guanidine groups is 1. The van der Waals surface area contributed by atoms with Gasteiger partial charge in [-0.05, 0) is 54.8 Å². The molecule has 0 saturated heterocycles. The van der Waals surface area contributed by atoms with Crippen molar-refractivity contribution in [3.8, 4) is 11.8 Å². The molecule has 1 aromatic heterocycles. The molecule has 3 aromatic rings. The molecule has 0 radical (unpaired) electrons. The molecule has 0 aliphatic heterocycles. The number of aryl methyl sites for hydroxylation is 1. The molecule has 0 unspecified atom stereocenters. The Morgan fingerprint density at radius 1 is 1.22 bits per heavy atom. The highest BCUT2D eigenvalue weighted by molar-refractivity contribution is 5.79. The number of aliphatic imine (C=N–C) groups is 1. The van der Waals surface area contributed by atoms with Crippen LogP contribution in [0.2, 0.25) is 0 Å². The number of rotatable bonds is 7. The second kappa shape index (κ2) is 10.4. The van der Waals surface area contributed by atoms with E-state index in [0.29, 0.717) is 48.8 Å². The Morgan fingerprint density at radius 3 is 2.62 bits per heavy atom. The van der Waals surface area contributed by atoms with Crippen molar-refractivity contribution in [1.29, 1.82) is 5.26 Å². The predicted octanol–water partition coefficient (Wildman–Crippen LogP) is 3.24. The fraction of sp³-hybridized carbons (Fsp3) is 0.261. The van der Waals surface area contributed by atoms with Gasteiger partial charge in [-0.2, -0.15) is 10.4 Å². The summed E-state index contributed by atoms with van der Waals surface area (Å²) in [5.74, 6) is 0.271. The number of nitrogens with one attached hydrogen (secondary N) is 1. The quantitative estimate of drug-likeness (QED) is 0.336. The first-order valence-corrected chi connectivity index (χ1v) is 10.1. The van der Waals surface area contributed by atoms with E-state index in [1.165, 1.54) is 28.9 Å². The molecular weight excluding hydrogens is 412 g/mol. The molecule has 9 heteroatoms. The van der Waals surface area contributed by atoms with Crippen LogP contribution in [0.15, 0.2) is 53.5 Å². The molecule has 0 amide bonds. The minimum atomic E-state index is -0.359. The number of hydrogen-bond donors (Lipinski definition) is 2. The van der Waals surface area contributed by atoms with Gasteiger partial charge < -0.3 is 16.0 Å². The smallest absolute Gasteiger partial charge is 0.193 e. The van der Waals surface area contributed by atoms with Crippen molar-refractivity contribution in [3.05, 3.63) is 77.0 Å². The summed E-state index contributed by atoms with van der Waals surface area (Å²) in [4.78, 5) is 6.16. The molecule has 0 aliphatic carbocycles. The van der Waals surface area contributed by atoms with E-state index < -0.39 is 0 Å². The first-order chi connectivity index (χ1) is 15.4. The lowest BCUT2D eigenvalue weighted by Crippen LogP contribution is -2.39. The Bertz CT molecular complexity index is 1130. The van der Waals surface area contributed by atoms with Crippen LogP contribution in [0.3, 0.4) is 0 Å². The van der Waals surface area contributed by atoms with Gasteiger partial charge >= 0.3 is 0 Å². The summed E-state index contributed by atoms with van der Waals surface area (Å²) < 4.78 is 28.1. The average Bonchev–Trinajstić information content (AvgIpc) is 3.09. The summed E-state index contributed by atoms with van der Waals surface area (Å²) in [5, 5.41) is 17.2. The lowest BCUT2D eigenvalue weighted by Gasteiger charge is -2.22. The van der Waals surface area contributed by atoms with E-state index in [2.05, 4.69) is 21.5 Å². The lowest BCUT2D eigenvalue weighted by molar-refractivity contribution is 0.473. The van der Waals surface area contributed by atoms with E-state index in [1.807, 2.05) is 18.0 Å². The first-order valence-electron chi connectivity index (χ1n) is 10.1. The number of anilines is 1. The molecule has 7 nitrogen and oxygen atoms in total. The van der Waals surface area contributed by atoms with Crippen molar-refractivity contribution in [2.75, 3.05) is 26.4 Å². The molecule has 3 rings (SSSR count). The monoisotopic (exact) mass is 437 g/mol. The third-order valence-electron chi connectivity index (χ3n) is 4.93. The van der Waals surface area contributed by atoms with Gasteiger partial charge in [0.2, 0.25) is 0 Å². The van der Waals surface area contributed by atoms with Crippen LogP contribution in [0.4, 0.5) is 14.6 Å². The van der Waals surface area contributed by atoms with E-state index in [4.69, 9.17) is 5.73 Å². The number of nitriles is 1. The van der Waals surface area contributed by atoms with E-state index in [9.17, 15) is 14.0 Å². The van der Waals surface area contributed by atoms with Crippen LogP contribution in [-0.2, 0) is 13.0 Å². The molecule has 0 bridgehead atoms. The highest BCUT2D eigenvalue weighted by Crippen LogP contribution is 2.21. The summed E-state index contributed by atoms with van der Waals surface area (Å²) in [5.41, 5.74) is 8.43. The average molecular weight is 437 g/mol. The standard InChI is InChI=1S/C23H25F2N7/c1-28-23(31(2)15-16-5-3-6-18(25)13-16)29-12-4-7-21-20(14-26)22(27)32(30-21)19-10-8-17(24)9-11-19/h3,5-6,8-11,13H,4,7,12,15,27H2,1-2H3,(H,28,29). The zero-order valence-electron chi connectivity index (χ0n) is 18.0. The van der Waals surface area contributed by atoms with Crippen LogP contribution in [0.25, 0.3) is 5.69 Å². The van der Waals surface area contributed by atoms with Gasteiger partial charge in [-0.1, -0.05) is 12.1 Å². The molecule has 0 aliphatic rings. The molecule has 1 heterocycles. The van der Waals surface area contributed by atoms with Gasteiger partial charge in [0.1, 0.15) is 29.1 Å². The first kappa shape index (κ1) is 22.7. The summed E-state index contributed by atoms with van der Waals surface area (Å²) in [6, 6.07) is 14.3. The van der Waals surface area contributed by atoms with Gasteiger partial charge in [0.25, 0.3) is 0 Å². The Morgan fingerprint density at radius 2 is 1.97 bits per heavy atom. The zero-order chi connectivity index (χ0) is 23.1. The normalized spacial score (nSPS) is 11.3. The van der Waals surface area contributed by atoms with E-state index >= 15 is 0 Å². The van der Waals surface area contributed by atoms with Crippen molar-refractivity contribution in [2.45, 2.75) is 19.4 Å². The number of halogens is 2. The van der Waals surface area contributed by atoms with Crippen LogP contribution in [-0.4, -0.2) is 41.3 Å². The second-order valence-electron chi connectivity index (χ2n) is 7.27. The van der Waals surface area contributed by atoms with Crippen molar-refractivity contribution < 1.29 is 8.78 Å². The van der Waals surface area contributed by atoms with Crippen molar-refractivity contribution in [2.24, 2.45) is 4.99 Å². The highest BCUT2D eigenvalue weighted by Gasteiger charge is 2.16. The minimum absolute atomic E-state index is 0.229. The zero-order valence-corrected chi connectivity index (χ0v) is 18.0. The highest BCUT2D eigenvalue weighted by atomic mass is 19.1. The molecule has 0 spiro atoms. The Kier molecular flexibility index (Phi) is 7.39. The molecule has 32 heavy (non-hydrogen) atoms. The molecule has 3 N–H and O–H groups in total. The summed E-state index contributed by atoms with van der Waals surface area (Å²) in [6.45, 7) is 1.10. The van der Waals surface area contributed by atoms with Gasteiger partial charge in [0, 0.05) is 27.2 Å². The van der Waals surface area contributed by atoms with Crippen molar-refractivity contribution in [3.63, 3.8) is 0 Å². The van der Waals surface area contributed by atoms with E-state index in [-0.39, 0.29) is 17.5 Å². The fourth-order valence-electron chi connectivity index (χ4n) is 3.38. The molecular formula is C23H25F2N7. The van der Waals surface area contributed by atoms with Crippen LogP contribution in [0.1, 0.15) is 23.2 Å². The van der Waals surface area contributed by atoms with Crippen LogP contribution in [0.5, 0.6) is 0 Å². The third-order valence-corrected chi connectivity index (χ3v) is 4.93. The van der Waals surface area contributed by atoms with Crippen LogP contribution >= 0.6 is 0 Å². The lowest BCUT2D eigenvalue weighted by atomic mass is 10.1. The van der Waals surface area contributed by atoms with Gasteiger partial charge in [-0.3, -0.25) is 4.99 Å². The Balaban J connectivity index is 1.59. The summed E-state index contributed by atoms with van der Waals surface area (Å²) in [7, 11) is 3.56. The molecule has 166 valence electrons. The number of aromatic nitrogens is 2. The summed E-state index contributed by atoms with van der Waals surface area (Å²) >= 11 is 0. The van der Waals surface area contributed by atoms with Crippen LogP contribution in [0, 0.1) is 23.0 Å². The number of nitrogens with zero attached hydrogens (tertiary/aromatic N) is 5. The Hall–Kier alpha value is -3.93. The number of benzene rings is 2. The minimum Gasteiger partial charge on any atom is -0.382 e. The van der Waals surface area contributed by atoms with Gasteiger partial charge in [-0.25, -0.2) is 13.5 Å². The summed E-state index contributed by atoms with van der Waals surface area (Å²) in [6.07, 6.45) is 1.21. The van der Waals surface area contributed by atoms with Gasteiger partial charge in [0.05, 0.1) is 11.4 Å². The second-order valence-corrected chi connectivity index (χ2v) is 7.27. The van der Waals surface area contributed by atoms with Crippen LogP contribution < -0.4 is 11.1 Å². The fourth-order valence-corrected chi connectivity index (χ4v) is 3.38. The van der Waals surface area contributed by atoms with E-state index in [1.54, 1.807) is 25.2 Å². The maximum Gasteiger partial charge on any atom is 0.193 e. The SMILES string of the molecule is CN=C(NCCCc1nn(-c2ccc(F)cc2)c(N)c1C#N)N(C)Cc1cccc(F)c1.